The number of hydrazine groups is 1. The van der Waals surface area contributed by atoms with E-state index in [0.717, 1.165) is 18.9 Å². The van der Waals surface area contributed by atoms with Crippen molar-refractivity contribution in [2.75, 3.05) is 12.9 Å². The van der Waals surface area contributed by atoms with E-state index in [0.29, 0.717) is 5.02 Å². The molecular formula is C21H24ClF2N5O5S. The zero-order valence-corrected chi connectivity index (χ0v) is 20.4. The number of amides is 1. The van der Waals surface area contributed by atoms with E-state index in [4.69, 9.17) is 16.3 Å². The highest BCUT2D eigenvalue weighted by Crippen LogP contribution is 2.26. The summed E-state index contributed by atoms with van der Waals surface area (Å²) in [5.74, 6) is -1.22. The first kappa shape index (κ1) is 26.7. The molecule has 1 heterocycles. The zero-order valence-electron chi connectivity index (χ0n) is 18.8. The van der Waals surface area contributed by atoms with Gasteiger partial charge in [-0.2, -0.15) is 8.78 Å². The van der Waals surface area contributed by atoms with Gasteiger partial charge < -0.3 is 9.47 Å². The summed E-state index contributed by atoms with van der Waals surface area (Å²) < 4.78 is 60.8. The van der Waals surface area contributed by atoms with Crippen LogP contribution in [0, 0.1) is 0 Å². The van der Waals surface area contributed by atoms with Gasteiger partial charge in [-0.25, -0.2) is 18.4 Å². The molecule has 0 unspecified atom stereocenters. The van der Waals surface area contributed by atoms with Gasteiger partial charge in [-0.1, -0.05) is 17.7 Å². The van der Waals surface area contributed by atoms with E-state index in [1.165, 1.54) is 44.6 Å². The van der Waals surface area contributed by atoms with Crippen molar-refractivity contribution in [3.63, 3.8) is 0 Å². The molecule has 1 amide bonds. The molecule has 1 aliphatic carbocycles. The number of halogens is 3. The van der Waals surface area contributed by atoms with Crippen molar-refractivity contribution >= 4 is 33.2 Å². The molecule has 0 spiro atoms. The summed E-state index contributed by atoms with van der Waals surface area (Å²) in [6, 6.07) is 5.12. The molecule has 1 aliphatic rings. The fourth-order valence-corrected chi connectivity index (χ4v) is 4.53. The van der Waals surface area contributed by atoms with E-state index in [9.17, 15) is 22.0 Å². The highest BCUT2D eigenvalue weighted by atomic mass is 35.5. The first-order valence-corrected chi connectivity index (χ1v) is 12.6. The number of hydrogen-bond acceptors (Lipinski definition) is 8. The van der Waals surface area contributed by atoms with E-state index in [1.807, 2.05) is 0 Å². The summed E-state index contributed by atoms with van der Waals surface area (Å²) in [7, 11) is -2.52. The Bertz CT molecular complexity index is 1160. The van der Waals surface area contributed by atoms with Crippen LogP contribution in [0.3, 0.4) is 0 Å². The third kappa shape index (κ3) is 7.80. The Morgan fingerprint density at radius 2 is 1.94 bits per heavy atom. The number of amidine groups is 1. The average Bonchev–Trinajstić information content (AvgIpc) is 3.62. The van der Waals surface area contributed by atoms with Gasteiger partial charge in [0.2, 0.25) is 0 Å². The number of carbonyl (C=O) groups is 1. The fourth-order valence-electron chi connectivity index (χ4n) is 3.03. The van der Waals surface area contributed by atoms with Crippen LogP contribution in [0.2, 0.25) is 5.02 Å². The maximum Gasteiger partial charge on any atom is 0.387 e. The Kier molecular flexibility index (Phi) is 8.92. The molecule has 0 saturated heterocycles. The Balaban J connectivity index is 1.70. The Hall–Kier alpha value is -2.90. The molecule has 0 radical (unpaired) electrons. The fraction of sp³-hybridized carbons (Fsp3) is 0.429. The smallest absolute Gasteiger partial charge is 0.387 e. The number of rotatable bonds is 10. The number of hydrogen-bond donors (Lipinski definition) is 2. The van der Waals surface area contributed by atoms with Crippen LogP contribution in [-0.2, 0) is 14.6 Å². The average molecular weight is 532 g/mol. The van der Waals surface area contributed by atoms with Crippen molar-refractivity contribution in [3.05, 3.63) is 53.1 Å². The lowest BCUT2D eigenvalue weighted by atomic mass is 10.2. The molecule has 2 aromatic rings. The van der Waals surface area contributed by atoms with Gasteiger partial charge in [-0.3, -0.25) is 20.6 Å². The lowest BCUT2D eigenvalue weighted by Gasteiger charge is -2.22. The largest absolute Gasteiger partial charge is 0.435 e. The second-order valence-electron chi connectivity index (χ2n) is 7.72. The summed E-state index contributed by atoms with van der Waals surface area (Å²) in [6.45, 7) is -1.58. The first-order valence-electron chi connectivity index (χ1n) is 10.5. The van der Waals surface area contributed by atoms with E-state index in [1.54, 1.807) is 0 Å². The summed E-state index contributed by atoms with van der Waals surface area (Å²) in [4.78, 5) is 24.9. The van der Waals surface area contributed by atoms with Gasteiger partial charge in [-0.15, -0.1) is 0 Å². The summed E-state index contributed by atoms with van der Waals surface area (Å²) in [5.41, 5.74) is 4.94. The van der Waals surface area contributed by atoms with E-state index in [-0.39, 0.29) is 29.0 Å². The van der Waals surface area contributed by atoms with Gasteiger partial charge in [-0.05, 0) is 38.0 Å². The van der Waals surface area contributed by atoms with Crippen LogP contribution in [0.15, 0.2) is 41.7 Å². The number of sulfone groups is 1. The van der Waals surface area contributed by atoms with Gasteiger partial charge >= 0.3 is 6.61 Å². The molecule has 1 saturated carbocycles. The molecule has 0 bridgehead atoms. The van der Waals surface area contributed by atoms with Crippen molar-refractivity contribution in [3.8, 4) is 5.75 Å². The zero-order chi connectivity index (χ0) is 25.6. The lowest BCUT2D eigenvalue weighted by molar-refractivity contribution is -0.0498. The number of aliphatic imine (C=N–C) groups is 1. The maximum atomic E-state index is 13.2. The number of benzene rings is 1. The number of aromatic nitrogens is 2. The van der Waals surface area contributed by atoms with Gasteiger partial charge in [0, 0.05) is 25.1 Å². The van der Waals surface area contributed by atoms with Gasteiger partial charge in [0.05, 0.1) is 16.3 Å². The molecule has 190 valence electrons. The van der Waals surface area contributed by atoms with E-state index in [2.05, 4.69) is 30.5 Å². The van der Waals surface area contributed by atoms with Gasteiger partial charge in [0.1, 0.15) is 23.4 Å². The molecule has 3 rings (SSSR count). The van der Waals surface area contributed by atoms with Crippen LogP contribution in [-0.4, -0.2) is 60.9 Å². The Labute approximate surface area is 206 Å². The predicted molar refractivity (Wildman–Crippen MR) is 124 cm³/mol. The highest BCUT2D eigenvalue weighted by Gasteiger charge is 2.34. The molecular weight excluding hydrogens is 508 g/mol. The summed E-state index contributed by atoms with van der Waals surface area (Å²) >= 11 is 5.80. The molecule has 2 N–H and O–H groups in total. The molecule has 0 aliphatic heterocycles. The highest BCUT2D eigenvalue weighted by molar-refractivity contribution is 7.92. The molecule has 1 fully saturated rings. The van der Waals surface area contributed by atoms with Crippen molar-refractivity contribution in [1.29, 1.82) is 0 Å². The van der Waals surface area contributed by atoms with Crippen LogP contribution in [0.1, 0.15) is 42.1 Å². The van der Waals surface area contributed by atoms with Gasteiger partial charge in [0.25, 0.3) is 5.91 Å². The van der Waals surface area contributed by atoms with Crippen LogP contribution in [0.25, 0.3) is 0 Å². The quantitative estimate of drug-likeness (QED) is 0.272. The predicted octanol–water partition coefficient (Wildman–Crippen LogP) is 2.72. The second kappa shape index (κ2) is 11.7. The first-order chi connectivity index (χ1) is 16.6. The minimum atomic E-state index is -3.87. The lowest BCUT2D eigenvalue weighted by Crippen LogP contribution is -2.46. The molecule has 14 heteroatoms. The van der Waals surface area contributed by atoms with Crippen LogP contribution >= 0.6 is 11.6 Å². The standard InChI is InChI=1S/C21H24ClF2N5O5S/c1-12(18(33-2)19-25-9-14(22)10-26-19)35(31,32)11-17(27-15-6-7-15)28-29-20(30)13-4-3-5-16(8-13)34-21(23)24/h3-5,8-10,12,15,18,21H,6-7,11H2,1-2H3,(H,27,28)(H,29,30)/t12-,18-/m0/s1. The van der Waals surface area contributed by atoms with Gasteiger partial charge in [0.15, 0.2) is 15.7 Å². The number of ether oxygens (including phenoxy) is 2. The monoisotopic (exact) mass is 531 g/mol. The minimum absolute atomic E-state index is 0.0250. The number of alkyl halides is 2. The Morgan fingerprint density at radius 3 is 2.54 bits per heavy atom. The van der Waals surface area contributed by atoms with Crippen molar-refractivity contribution < 1.29 is 31.5 Å². The third-order valence-corrected chi connectivity index (χ3v) is 7.26. The normalized spacial score (nSPS) is 16.0. The Morgan fingerprint density at radius 1 is 1.26 bits per heavy atom. The van der Waals surface area contributed by atoms with Crippen molar-refractivity contribution in [2.45, 2.75) is 43.8 Å². The second-order valence-corrected chi connectivity index (χ2v) is 10.5. The number of nitrogens with zero attached hydrogens (tertiary/aromatic N) is 3. The summed E-state index contributed by atoms with van der Waals surface area (Å²) in [5, 5.41) is -0.761. The third-order valence-electron chi connectivity index (χ3n) is 5.01. The SMILES string of the molecule is CO[C@H](c1ncc(Cl)cn1)[C@H](C)S(=O)(=O)CC(=NC1CC1)NNC(=O)c1cccc(OC(F)F)c1. The minimum Gasteiger partial charge on any atom is -0.435 e. The molecule has 2 atom stereocenters. The van der Waals surface area contributed by atoms with Crippen LogP contribution in [0.4, 0.5) is 8.78 Å². The maximum absolute atomic E-state index is 13.2. The number of carbonyl (C=O) groups excluding carboxylic acids is 1. The molecule has 35 heavy (non-hydrogen) atoms. The van der Waals surface area contributed by atoms with Crippen molar-refractivity contribution in [2.24, 2.45) is 4.99 Å². The topological polar surface area (TPSA) is 132 Å². The number of methoxy groups -OCH3 is 1. The number of nitrogens with one attached hydrogen (secondary N) is 2. The van der Waals surface area contributed by atoms with Crippen molar-refractivity contribution in [1.82, 2.24) is 20.8 Å². The van der Waals surface area contributed by atoms with Crippen LogP contribution < -0.4 is 15.6 Å². The molecule has 1 aromatic heterocycles. The van der Waals surface area contributed by atoms with E-state index < -0.39 is 39.5 Å². The molecule has 10 nitrogen and oxygen atoms in total. The van der Waals surface area contributed by atoms with E-state index >= 15 is 0 Å². The molecule has 1 aromatic carbocycles. The summed E-state index contributed by atoms with van der Waals surface area (Å²) in [6.07, 6.45) is 3.30. The van der Waals surface area contributed by atoms with Crippen LogP contribution in [0.5, 0.6) is 5.75 Å².